The van der Waals surface area contributed by atoms with Crippen molar-refractivity contribution in [2.75, 3.05) is 0 Å². The van der Waals surface area contributed by atoms with Gasteiger partial charge in [0.15, 0.2) is 0 Å². The lowest BCUT2D eigenvalue weighted by molar-refractivity contribution is 0.815. The zero-order valence-corrected chi connectivity index (χ0v) is 8.37. The zero-order chi connectivity index (χ0) is 8.97. The van der Waals surface area contributed by atoms with E-state index in [4.69, 9.17) is 5.26 Å². The topological polar surface area (TPSA) is 36.7 Å². The molecule has 1 atom stereocenters. The monoisotopic (exact) mass is 224 g/mol. The molecule has 1 rings (SSSR count). The highest BCUT2D eigenvalue weighted by Crippen LogP contribution is 2.20. The molecule has 1 aromatic heterocycles. The highest BCUT2D eigenvalue weighted by atomic mass is 79.9. The van der Waals surface area contributed by atoms with Crippen LogP contribution in [0.25, 0.3) is 0 Å². The van der Waals surface area contributed by atoms with Crippen molar-refractivity contribution < 1.29 is 0 Å². The second kappa shape index (κ2) is 4.22. The van der Waals surface area contributed by atoms with Gasteiger partial charge in [0.25, 0.3) is 0 Å². The van der Waals surface area contributed by atoms with E-state index in [0.29, 0.717) is 0 Å². The fourth-order valence-corrected chi connectivity index (χ4v) is 1.42. The Bertz CT molecular complexity index is 304. The maximum atomic E-state index is 8.78. The number of nitrogens with zero attached hydrogens (tertiary/aromatic N) is 2. The number of rotatable bonds is 2. The summed E-state index contributed by atoms with van der Waals surface area (Å²) in [6.07, 6.45) is 2.55. The van der Waals surface area contributed by atoms with Crippen LogP contribution in [0, 0.1) is 11.3 Å². The van der Waals surface area contributed by atoms with Crippen LogP contribution in [-0.4, -0.2) is 4.98 Å². The standard InChI is InChI=1S/C9H9BrN2/c1-2-7(6-11)8-3-4-12-9(10)5-8/h3-5,7H,2H2,1H3. The fraction of sp³-hybridized carbons (Fsp3) is 0.333. The van der Waals surface area contributed by atoms with Crippen LogP contribution in [0.15, 0.2) is 22.9 Å². The van der Waals surface area contributed by atoms with Crippen LogP contribution in [0.2, 0.25) is 0 Å². The molecule has 0 spiro atoms. The molecule has 12 heavy (non-hydrogen) atoms. The summed E-state index contributed by atoms with van der Waals surface area (Å²) in [6.45, 7) is 2.00. The molecular formula is C9H9BrN2. The normalized spacial score (nSPS) is 12.1. The lowest BCUT2D eigenvalue weighted by Crippen LogP contribution is -1.93. The van der Waals surface area contributed by atoms with Gasteiger partial charge in [-0.1, -0.05) is 6.92 Å². The zero-order valence-electron chi connectivity index (χ0n) is 6.79. The summed E-state index contributed by atoms with van der Waals surface area (Å²) in [4.78, 5) is 4.00. The van der Waals surface area contributed by atoms with Gasteiger partial charge in [-0.3, -0.25) is 0 Å². The van der Waals surface area contributed by atoms with Gasteiger partial charge in [-0.15, -0.1) is 0 Å². The molecule has 0 aliphatic rings. The number of nitriles is 1. The van der Waals surface area contributed by atoms with E-state index in [-0.39, 0.29) is 5.92 Å². The summed E-state index contributed by atoms with van der Waals surface area (Å²) in [5.41, 5.74) is 1.03. The Hall–Kier alpha value is -0.880. The van der Waals surface area contributed by atoms with Gasteiger partial charge in [-0.25, -0.2) is 4.98 Å². The van der Waals surface area contributed by atoms with Gasteiger partial charge in [0.05, 0.1) is 12.0 Å². The Morgan fingerprint density at radius 3 is 3.00 bits per heavy atom. The van der Waals surface area contributed by atoms with E-state index >= 15 is 0 Å². The molecule has 2 nitrogen and oxygen atoms in total. The van der Waals surface area contributed by atoms with Crippen molar-refractivity contribution in [3.05, 3.63) is 28.5 Å². The summed E-state index contributed by atoms with van der Waals surface area (Å²) in [5, 5.41) is 8.78. The Balaban J connectivity index is 2.95. The van der Waals surface area contributed by atoms with Crippen LogP contribution in [0.5, 0.6) is 0 Å². The molecule has 0 saturated heterocycles. The minimum absolute atomic E-state index is 0.00991. The van der Waals surface area contributed by atoms with E-state index < -0.39 is 0 Å². The first-order chi connectivity index (χ1) is 5.77. The second-order valence-electron chi connectivity index (χ2n) is 2.50. The Morgan fingerprint density at radius 1 is 1.75 bits per heavy atom. The first-order valence-corrected chi connectivity index (χ1v) is 4.58. The van der Waals surface area contributed by atoms with Gasteiger partial charge in [-0.05, 0) is 40.0 Å². The molecule has 0 radical (unpaired) electrons. The third-order valence-corrected chi connectivity index (χ3v) is 2.15. The average molecular weight is 225 g/mol. The predicted octanol–water partition coefficient (Wildman–Crippen LogP) is 2.86. The summed E-state index contributed by atoms with van der Waals surface area (Å²) in [6, 6.07) is 6.01. The molecule has 1 unspecified atom stereocenters. The van der Waals surface area contributed by atoms with E-state index in [0.717, 1.165) is 16.6 Å². The van der Waals surface area contributed by atoms with Crippen molar-refractivity contribution in [3.8, 4) is 6.07 Å². The van der Waals surface area contributed by atoms with Crippen LogP contribution in [-0.2, 0) is 0 Å². The SMILES string of the molecule is CCC(C#N)c1ccnc(Br)c1. The van der Waals surface area contributed by atoms with Gasteiger partial charge in [0.2, 0.25) is 0 Å². The second-order valence-corrected chi connectivity index (χ2v) is 3.31. The summed E-state index contributed by atoms with van der Waals surface area (Å²) < 4.78 is 0.786. The first-order valence-electron chi connectivity index (χ1n) is 3.79. The Labute approximate surface area is 80.4 Å². The minimum Gasteiger partial charge on any atom is -0.249 e. The maximum absolute atomic E-state index is 8.78. The van der Waals surface area contributed by atoms with Gasteiger partial charge < -0.3 is 0 Å². The molecule has 62 valence electrons. The lowest BCUT2D eigenvalue weighted by atomic mass is 10.00. The summed E-state index contributed by atoms with van der Waals surface area (Å²) in [5.74, 6) is -0.00991. The van der Waals surface area contributed by atoms with E-state index in [1.54, 1.807) is 6.20 Å². The number of hydrogen-bond donors (Lipinski definition) is 0. The van der Waals surface area contributed by atoms with Crippen molar-refractivity contribution >= 4 is 15.9 Å². The molecular weight excluding hydrogens is 216 g/mol. The van der Waals surface area contributed by atoms with Crippen LogP contribution >= 0.6 is 15.9 Å². The lowest BCUT2D eigenvalue weighted by Gasteiger charge is -2.04. The van der Waals surface area contributed by atoms with Gasteiger partial charge in [-0.2, -0.15) is 5.26 Å². The third kappa shape index (κ3) is 2.05. The molecule has 0 aromatic carbocycles. The summed E-state index contributed by atoms with van der Waals surface area (Å²) in [7, 11) is 0. The van der Waals surface area contributed by atoms with Gasteiger partial charge in [0, 0.05) is 6.20 Å². The minimum atomic E-state index is -0.00991. The van der Waals surface area contributed by atoms with Crippen molar-refractivity contribution in [3.63, 3.8) is 0 Å². The predicted molar refractivity (Wildman–Crippen MR) is 50.6 cm³/mol. The molecule has 0 aliphatic carbocycles. The van der Waals surface area contributed by atoms with Crippen molar-refractivity contribution in [1.82, 2.24) is 4.98 Å². The van der Waals surface area contributed by atoms with Gasteiger partial charge >= 0.3 is 0 Å². The van der Waals surface area contributed by atoms with Crippen LogP contribution in [0.4, 0.5) is 0 Å². The molecule has 0 N–H and O–H groups in total. The largest absolute Gasteiger partial charge is 0.249 e. The maximum Gasteiger partial charge on any atom is 0.106 e. The molecule has 0 saturated carbocycles. The smallest absolute Gasteiger partial charge is 0.106 e. The van der Waals surface area contributed by atoms with Crippen molar-refractivity contribution in [1.29, 1.82) is 5.26 Å². The molecule has 0 fully saturated rings. The molecule has 1 aromatic rings. The number of halogens is 1. The Kier molecular flexibility index (Phi) is 3.24. The van der Waals surface area contributed by atoms with Crippen LogP contribution < -0.4 is 0 Å². The molecule has 1 heterocycles. The third-order valence-electron chi connectivity index (χ3n) is 1.72. The quantitative estimate of drug-likeness (QED) is 0.725. The van der Waals surface area contributed by atoms with Gasteiger partial charge in [0.1, 0.15) is 4.60 Å². The van der Waals surface area contributed by atoms with Crippen LogP contribution in [0.3, 0.4) is 0 Å². The van der Waals surface area contributed by atoms with Crippen molar-refractivity contribution in [2.45, 2.75) is 19.3 Å². The summed E-state index contributed by atoms with van der Waals surface area (Å²) >= 11 is 3.27. The van der Waals surface area contributed by atoms with Crippen LogP contribution in [0.1, 0.15) is 24.8 Å². The molecule has 0 aliphatic heterocycles. The molecule has 0 amide bonds. The average Bonchev–Trinajstić information content (AvgIpc) is 2.07. The number of aromatic nitrogens is 1. The highest BCUT2D eigenvalue weighted by molar-refractivity contribution is 9.10. The van der Waals surface area contributed by atoms with E-state index in [2.05, 4.69) is 27.0 Å². The van der Waals surface area contributed by atoms with E-state index in [1.165, 1.54) is 0 Å². The Morgan fingerprint density at radius 2 is 2.50 bits per heavy atom. The highest BCUT2D eigenvalue weighted by Gasteiger charge is 2.07. The molecule has 0 bridgehead atoms. The van der Waals surface area contributed by atoms with Crippen molar-refractivity contribution in [2.24, 2.45) is 0 Å². The van der Waals surface area contributed by atoms with E-state index in [1.807, 2.05) is 19.1 Å². The molecule has 3 heteroatoms. The number of hydrogen-bond acceptors (Lipinski definition) is 2. The van der Waals surface area contributed by atoms with E-state index in [9.17, 15) is 0 Å². The number of pyridine rings is 1. The fourth-order valence-electron chi connectivity index (χ4n) is 1.04. The first kappa shape index (κ1) is 9.21.